The van der Waals surface area contributed by atoms with Crippen molar-refractivity contribution in [2.45, 2.75) is 33.2 Å². The summed E-state index contributed by atoms with van der Waals surface area (Å²) < 4.78 is 12.6. The average molecular weight is 352 g/mol. The Hall–Kier alpha value is -2.95. The van der Waals surface area contributed by atoms with Crippen LogP contribution < -0.4 is 10.1 Å². The molecule has 26 heavy (non-hydrogen) atoms. The molecular formula is C21H24N2O3. The van der Waals surface area contributed by atoms with Crippen molar-refractivity contribution in [1.29, 1.82) is 0 Å². The maximum atomic E-state index is 12.7. The molecule has 0 aliphatic carbocycles. The highest BCUT2D eigenvalue weighted by molar-refractivity contribution is 5.96. The van der Waals surface area contributed by atoms with Crippen LogP contribution in [0.3, 0.4) is 0 Å². The zero-order chi connectivity index (χ0) is 18.7. The minimum absolute atomic E-state index is 0.0160. The minimum Gasteiger partial charge on any atom is -0.497 e. The molecule has 1 aromatic carbocycles. The molecular weight excluding hydrogens is 328 g/mol. The van der Waals surface area contributed by atoms with Gasteiger partial charge >= 0.3 is 0 Å². The summed E-state index contributed by atoms with van der Waals surface area (Å²) in [6.07, 6.45) is 2.31. The lowest BCUT2D eigenvalue weighted by molar-refractivity contribution is 0.0938. The van der Waals surface area contributed by atoms with Gasteiger partial charge in [-0.15, -0.1) is 0 Å². The van der Waals surface area contributed by atoms with Gasteiger partial charge in [-0.3, -0.25) is 4.79 Å². The average Bonchev–Trinajstić information content (AvgIpc) is 3.22. The van der Waals surface area contributed by atoms with Crippen molar-refractivity contribution in [3.63, 3.8) is 0 Å². The largest absolute Gasteiger partial charge is 0.497 e. The molecule has 5 nitrogen and oxygen atoms in total. The van der Waals surface area contributed by atoms with Crippen molar-refractivity contribution in [2.24, 2.45) is 0 Å². The number of ether oxygens (including phenoxy) is 1. The Morgan fingerprint density at radius 1 is 1.23 bits per heavy atom. The van der Waals surface area contributed by atoms with Gasteiger partial charge in [0.25, 0.3) is 5.91 Å². The molecule has 0 saturated heterocycles. The fraction of sp³-hybridized carbons (Fsp3) is 0.286. The number of aromatic nitrogens is 1. The van der Waals surface area contributed by atoms with E-state index in [2.05, 4.69) is 9.88 Å². The van der Waals surface area contributed by atoms with Crippen LogP contribution in [-0.4, -0.2) is 23.6 Å². The molecule has 136 valence electrons. The Morgan fingerprint density at radius 2 is 1.96 bits per heavy atom. The van der Waals surface area contributed by atoms with Gasteiger partial charge in [0.2, 0.25) is 0 Å². The number of carbonyl (C=O) groups excluding carboxylic acids is 1. The Labute approximate surface area is 153 Å². The van der Waals surface area contributed by atoms with Crippen LogP contribution in [0.4, 0.5) is 0 Å². The van der Waals surface area contributed by atoms with Gasteiger partial charge in [0, 0.05) is 29.5 Å². The van der Waals surface area contributed by atoms with Crippen LogP contribution in [-0.2, 0) is 6.42 Å². The number of amides is 1. The number of furan rings is 1. The third-order valence-corrected chi connectivity index (χ3v) is 4.47. The SMILES string of the molecule is COc1ccc(-n2c(C)cc(C(=O)NC(C)Cc3ccco3)c2C)cc1. The van der Waals surface area contributed by atoms with Crippen LogP contribution in [0.25, 0.3) is 5.69 Å². The quantitative estimate of drug-likeness (QED) is 0.728. The third-order valence-electron chi connectivity index (χ3n) is 4.47. The summed E-state index contributed by atoms with van der Waals surface area (Å²) in [5.41, 5.74) is 3.61. The fourth-order valence-electron chi connectivity index (χ4n) is 3.20. The summed E-state index contributed by atoms with van der Waals surface area (Å²) >= 11 is 0. The van der Waals surface area contributed by atoms with Gasteiger partial charge in [-0.05, 0) is 63.2 Å². The third kappa shape index (κ3) is 3.67. The number of rotatable bonds is 6. The normalized spacial score (nSPS) is 12.0. The number of nitrogens with zero attached hydrogens (tertiary/aromatic N) is 1. The zero-order valence-corrected chi connectivity index (χ0v) is 15.6. The van der Waals surface area contributed by atoms with Gasteiger partial charge in [-0.2, -0.15) is 0 Å². The first kappa shape index (κ1) is 17.9. The second-order valence-corrected chi connectivity index (χ2v) is 6.48. The molecule has 0 aliphatic heterocycles. The van der Waals surface area contributed by atoms with E-state index in [0.29, 0.717) is 12.0 Å². The van der Waals surface area contributed by atoms with Crippen molar-refractivity contribution in [3.05, 3.63) is 71.4 Å². The van der Waals surface area contributed by atoms with Crippen molar-refractivity contribution in [2.75, 3.05) is 7.11 Å². The maximum Gasteiger partial charge on any atom is 0.253 e. The second kappa shape index (κ2) is 7.52. The van der Waals surface area contributed by atoms with Gasteiger partial charge in [-0.1, -0.05) is 0 Å². The molecule has 5 heteroatoms. The molecule has 1 atom stereocenters. The standard InChI is InChI=1S/C21H24N2O3/c1-14(12-19-6-5-11-26-19)22-21(24)20-13-15(2)23(16(20)3)17-7-9-18(25-4)10-8-17/h5-11,13-14H,12H2,1-4H3,(H,22,24). The molecule has 0 bridgehead atoms. The van der Waals surface area contributed by atoms with E-state index in [9.17, 15) is 4.79 Å². The summed E-state index contributed by atoms with van der Waals surface area (Å²) in [4.78, 5) is 12.7. The van der Waals surface area contributed by atoms with E-state index < -0.39 is 0 Å². The molecule has 0 fully saturated rings. The van der Waals surface area contributed by atoms with Gasteiger partial charge in [-0.25, -0.2) is 0 Å². The molecule has 1 unspecified atom stereocenters. The van der Waals surface area contributed by atoms with E-state index in [4.69, 9.17) is 9.15 Å². The van der Waals surface area contributed by atoms with E-state index in [1.54, 1.807) is 13.4 Å². The predicted molar refractivity (Wildman–Crippen MR) is 101 cm³/mol. The van der Waals surface area contributed by atoms with E-state index >= 15 is 0 Å². The van der Waals surface area contributed by atoms with Crippen molar-refractivity contribution < 1.29 is 13.9 Å². The van der Waals surface area contributed by atoms with Crippen LogP contribution in [0, 0.1) is 13.8 Å². The smallest absolute Gasteiger partial charge is 0.253 e. The number of hydrogen-bond donors (Lipinski definition) is 1. The highest BCUT2D eigenvalue weighted by atomic mass is 16.5. The van der Waals surface area contributed by atoms with Gasteiger partial charge in [0.05, 0.1) is 18.9 Å². The molecule has 1 amide bonds. The summed E-state index contributed by atoms with van der Waals surface area (Å²) in [6, 6.07) is 13.5. The van der Waals surface area contributed by atoms with Crippen LogP contribution in [0.15, 0.2) is 53.1 Å². The van der Waals surface area contributed by atoms with Crippen LogP contribution in [0.2, 0.25) is 0 Å². The fourth-order valence-corrected chi connectivity index (χ4v) is 3.20. The molecule has 2 heterocycles. The summed E-state index contributed by atoms with van der Waals surface area (Å²) in [5, 5.41) is 3.05. The Kier molecular flexibility index (Phi) is 5.16. The van der Waals surface area contributed by atoms with Crippen LogP contribution >= 0.6 is 0 Å². The molecule has 0 radical (unpaired) electrons. The summed E-state index contributed by atoms with van der Waals surface area (Å²) in [6.45, 7) is 5.94. The van der Waals surface area contributed by atoms with Crippen molar-refractivity contribution in [1.82, 2.24) is 9.88 Å². The Balaban J connectivity index is 1.78. The molecule has 0 saturated carbocycles. The molecule has 0 aliphatic rings. The summed E-state index contributed by atoms with van der Waals surface area (Å²) in [5.74, 6) is 1.60. The van der Waals surface area contributed by atoms with Crippen molar-refractivity contribution >= 4 is 5.91 Å². The van der Waals surface area contributed by atoms with E-state index in [1.807, 2.05) is 63.2 Å². The van der Waals surface area contributed by atoms with Crippen molar-refractivity contribution in [3.8, 4) is 11.4 Å². The molecule has 1 N–H and O–H groups in total. The lowest BCUT2D eigenvalue weighted by Crippen LogP contribution is -2.34. The Bertz CT molecular complexity index is 877. The lowest BCUT2D eigenvalue weighted by Gasteiger charge is -2.13. The molecule has 2 aromatic heterocycles. The Morgan fingerprint density at radius 3 is 2.58 bits per heavy atom. The predicted octanol–water partition coefficient (Wildman–Crippen LogP) is 4.06. The van der Waals surface area contributed by atoms with Gasteiger partial charge in [0.1, 0.15) is 11.5 Å². The topological polar surface area (TPSA) is 56.4 Å². The second-order valence-electron chi connectivity index (χ2n) is 6.48. The van der Waals surface area contributed by atoms with Gasteiger partial charge < -0.3 is 19.0 Å². The number of carbonyl (C=O) groups is 1. The first-order valence-electron chi connectivity index (χ1n) is 8.66. The zero-order valence-electron chi connectivity index (χ0n) is 15.6. The first-order valence-corrected chi connectivity index (χ1v) is 8.66. The monoisotopic (exact) mass is 352 g/mol. The summed E-state index contributed by atoms with van der Waals surface area (Å²) in [7, 11) is 1.65. The van der Waals surface area contributed by atoms with E-state index in [-0.39, 0.29) is 11.9 Å². The lowest BCUT2D eigenvalue weighted by atomic mass is 10.1. The molecule has 3 rings (SSSR count). The number of benzene rings is 1. The van der Waals surface area contributed by atoms with E-state index in [1.165, 1.54) is 0 Å². The maximum absolute atomic E-state index is 12.7. The van der Waals surface area contributed by atoms with Crippen LogP contribution in [0.5, 0.6) is 5.75 Å². The highest BCUT2D eigenvalue weighted by Gasteiger charge is 2.18. The molecule has 3 aromatic rings. The molecule has 0 spiro atoms. The number of hydrogen-bond acceptors (Lipinski definition) is 3. The van der Waals surface area contributed by atoms with Crippen LogP contribution in [0.1, 0.15) is 34.4 Å². The minimum atomic E-state index is -0.0723. The highest BCUT2D eigenvalue weighted by Crippen LogP contribution is 2.23. The van der Waals surface area contributed by atoms with E-state index in [0.717, 1.165) is 28.6 Å². The number of methoxy groups -OCH3 is 1. The first-order chi connectivity index (χ1) is 12.5. The number of aryl methyl sites for hydroxylation is 1. The van der Waals surface area contributed by atoms with Gasteiger partial charge in [0.15, 0.2) is 0 Å². The number of nitrogens with one attached hydrogen (secondary N) is 1.